The molecular formula is C29H31N3O6. The zero-order chi connectivity index (χ0) is 26.5. The van der Waals surface area contributed by atoms with Gasteiger partial charge in [0.1, 0.15) is 11.5 Å². The molecule has 1 fully saturated rings. The van der Waals surface area contributed by atoms with Crippen LogP contribution in [0.15, 0.2) is 60.7 Å². The molecule has 5 rings (SSSR count). The lowest BCUT2D eigenvalue weighted by molar-refractivity contribution is 0.0929. The SMILES string of the molecule is COc1cc(OC)cc(C(=O)NC2CCN(c3ccccc3C(=O)NCc3ccc4c(c3)OCO4)CC2)c1. The Morgan fingerprint density at radius 3 is 2.34 bits per heavy atom. The Balaban J connectivity index is 1.18. The standard InChI is InChI=1S/C29H31N3O6/c1-35-22-14-20(15-23(16-22)36-2)28(33)31-21-9-11-32(12-10-21)25-6-4-3-5-24(25)29(34)30-17-19-7-8-26-27(13-19)38-18-37-26/h3-8,13-16,21H,9-12,17-18H2,1-2H3,(H,30,34)(H,31,33). The molecule has 9 heteroatoms. The first-order valence-electron chi connectivity index (χ1n) is 12.6. The maximum atomic E-state index is 13.1. The molecule has 0 aliphatic carbocycles. The number of amides is 2. The van der Waals surface area contributed by atoms with Crippen LogP contribution in [0.25, 0.3) is 0 Å². The molecule has 2 aliphatic heterocycles. The van der Waals surface area contributed by atoms with E-state index in [1.54, 1.807) is 32.4 Å². The van der Waals surface area contributed by atoms with Crippen molar-refractivity contribution in [1.29, 1.82) is 0 Å². The summed E-state index contributed by atoms with van der Waals surface area (Å²) >= 11 is 0. The molecule has 2 aliphatic rings. The Hall–Kier alpha value is -4.40. The minimum Gasteiger partial charge on any atom is -0.497 e. The molecule has 0 saturated carbocycles. The van der Waals surface area contributed by atoms with E-state index in [0.29, 0.717) is 40.7 Å². The minimum absolute atomic E-state index is 0.0305. The zero-order valence-corrected chi connectivity index (χ0v) is 21.5. The number of nitrogens with one attached hydrogen (secondary N) is 2. The fourth-order valence-electron chi connectivity index (χ4n) is 4.74. The van der Waals surface area contributed by atoms with Crippen molar-refractivity contribution >= 4 is 17.5 Å². The molecule has 198 valence electrons. The van der Waals surface area contributed by atoms with Crippen LogP contribution >= 0.6 is 0 Å². The number of hydrogen-bond acceptors (Lipinski definition) is 7. The number of piperidine rings is 1. The van der Waals surface area contributed by atoms with Crippen molar-refractivity contribution in [2.24, 2.45) is 0 Å². The topological polar surface area (TPSA) is 98.4 Å². The molecule has 9 nitrogen and oxygen atoms in total. The van der Waals surface area contributed by atoms with E-state index in [2.05, 4.69) is 15.5 Å². The zero-order valence-electron chi connectivity index (χ0n) is 21.5. The number of carbonyl (C=O) groups excluding carboxylic acids is 2. The van der Waals surface area contributed by atoms with Gasteiger partial charge in [-0.25, -0.2) is 0 Å². The third-order valence-corrected chi connectivity index (χ3v) is 6.82. The molecule has 1 saturated heterocycles. The second-order valence-electron chi connectivity index (χ2n) is 9.22. The molecule has 2 amide bonds. The highest BCUT2D eigenvalue weighted by molar-refractivity contribution is 6.00. The Morgan fingerprint density at radius 1 is 0.895 bits per heavy atom. The van der Waals surface area contributed by atoms with Crippen LogP contribution in [-0.4, -0.2) is 52.0 Å². The number of benzene rings is 3. The van der Waals surface area contributed by atoms with Gasteiger partial charge >= 0.3 is 0 Å². The second kappa shape index (κ2) is 11.3. The van der Waals surface area contributed by atoms with Crippen molar-refractivity contribution in [2.75, 3.05) is 39.0 Å². The van der Waals surface area contributed by atoms with E-state index in [-0.39, 0.29) is 24.6 Å². The summed E-state index contributed by atoms with van der Waals surface area (Å²) in [5.41, 5.74) is 2.94. The Bertz CT molecular complexity index is 1300. The van der Waals surface area contributed by atoms with Gasteiger partial charge < -0.3 is 34.5 Å². The highest BCUT2D eigenvalue weighted by Crippen LogP contribution is 2.32. The molecule has 38 heavy (non-hydrogen) atoms. The predicted octanol–water partition coefficient (Wildman–Crippen LogP) is 3.76. The normalized spacial score (nSPS) is 14.6. The number of hydrogen-bond donors (Lipinski definition) is 2. The highest BCUT2D eigenvalue weighted by Gasteiger charge is 2.24. The van der Waals surface area contributed by atoms with Crippen LogP contribution in [-0.2, 0) is 6.54 Å². The van der Waals surface area contributed by atoms with E-state index in [1.165, 1.54) is 0 Å². The van der Waals surface area contributed by atoms with E-state index >= 15 is 0 Å². The third-order valence-electron chi connectivity index (χ3n) is 6.82. The van der Waals surface area contributed by atoms with Gasteiger partial charge in [-0.15, -0.1) is 0 Å². The molecule has 0 bridgehead atoms. The van der Waals surface area contributed by atoms with Gasteiger partial charge in [0.25, 0.3) is 11.8 Å². The van der Waals surface area contributed by atoms with Crippen LogP contribution in [0, 0.1) is 0 Å². The monoisotopic (exact) mass is 517 g/mol. The Labute approximate surface area is 221 Å². The third kappa shape index (κ3) is 5.61. The number of ether oxygens (including phenoxy) is 4. The molecule has 2 N–H and O–H groups in total. The fourth-order valence-corrected chi connectivity index (χ4v) is 4.74. The first-order valence-corrected chi connectivity index (χ1v) is 12.6. The largest absolute Gasteiger partial charge is 0.497 e. The Kier molecular flexibility index (Phi) is 7.53. The lowest BCUT2D eigenvalue weighted by Gasteiger charge is -2.35. The minimum atomic E-state index is -0.163. The van der Waals surface area contributed by atoms with Crippen LogP contribution in [0.1, 0.15) is 39.1 Å². The van der Waals surface area contributed by atoms with Gasteiger partial charge in [-0.3, -0.25) is 9.59 Å². The van der Waals surface area contributed by atoms with Gasteiger partial charge in [0.15, 0.2) is 11.5 Å². The Morgan fingerprint density at radius 2 is 1.61 bits per heavy atom. The smallest absolute Gasteiger partial charge is 0.253 e. The molecule has 0 atom stereocenters. The van der Waals surface area contributed by atoms with Crippen LogP contribution in [0.2, 0.25) is 0 Å². The number of nitrogens with zero attached hydrogens (tertiary/aromatic N) is 1. The lowest BCUT2D eigenvalue weighted by atomic mass is 10.0. The summed E-state index contributed by atoms with van der Waals surface area (Å²) in [5, 5.41) is 6.15. The summed E-state index contributed by atoms with van der Waals surface area (Å²) in [4.78, 5) is 28.2. The van der Waals surface area contributed by atoms with E-state index in [4.69, 9.17) is 18.9 Å². The maximum Gasteiger partial charge on any atom is 0.253 e. The predicted molar refractivity (Wildman–Crippen MR) is 142 cm³/mol. The molecule has 0 aromatic heterocycles. The number of carbonyl (C=O) groups is 2. The van der Waals surface area contributed by atoms with Crippen LogP contribution in [0.3, 0.4) is 0 Å². The molecule has 2 heterocycles. The number of fused-ring (bicyclic) bond motifs is 1. The quantitative estimate of drug-likeness (QED) is 0.470. The van der Waals surface area contributed by atoms with Gasteiger partial charge in [0.05, 0.1) is 19.8 Å². The fraction of sp³-hybridized carbons (Fsp3) is 0.310. The number of para-hydroxylation sites is 1. The number of rotatable bonds is 8. The van der Waals surface area contributed by atoms with Crippen molar-refractivity contribution < 1.29 is 28.5 Å². The van der Waals surface area contributed by atoms with Crippen LogP contribution in [0.4, 0.5) is 5.69 Å². The van der Waals surface area contributed by atoms with Gasteiger partial charge in [-0.05, 0) is 54.8 Å². The summed E-state index contributed by atoms with van der Waals surface area (Å²) < 4.78 is 21.3. The number of methoxy groups -OCH3 is 2. The summed E-state index contributed by atoms with van der Waals surface area (Å²) in [5.74, 6) is 2.24. The van der Waals surface area contributed by atoms with Gasteiger partial charge in [-0.2, -0.15) is 0 Å². The second-order valence-corrected chi connectivity index (χ2v) is 9.22. The average molecular weight is 518 g/mol. The number of anilines is 1. The molecule has 3 aromatic carbocycles. The van der Waals surface area contributed by atoms with Crippen molar-refractivity contribution in [1.82, 2.24) is 10.6 Å². The molecular weight excluding hydrogens is 486 g/mol. The maximum absolute atomic E-state index is 13.1. The molecule has 0 spiro atoms. The molecule has 0 radical (unpaired) electrons. The van der Waals surface area contributed by atoms with E-state index in [1.807, 2.05) is 42.5 Å². The van der Waals surface area contributed by atoms with E-state index in [0.717, 1.165) is 37.2 Å². The van der Waals surface area contributed by atoms with E-state index < -0.39 is 0 Å². The van der Waals surface area contributed by atoms with Crippen molar-refractivity contribution in [3.05, 3.63) is 77.4 Å². The summed E-state index contributed by atoms with van der Waals surface area (Å²) in [6.07, 6.45) is 1.53. The molecule has 0 unspecified atom stereocenters. The van der Waals surface area contributed by atoms with Crippen LogP contribution < -0.4 is 34.5 Å². The average Bonchev–Trinajstić information content (AvgIpc) is 3.44. The lowest BCUT2D eigenvalue weighted by Crippen LogP contribution is -2.45. The van der Waals surface area contributed by atoms with Gasteiger partial charge in [0.2, 0.25) is 6.79 Å². The van der Waals surface area contributed by atoms with Crippen molar-refractivity contribution in [3.8, 4) is 23.0 Å². The first kappa shape index (κ1) is 25.3. The summed E-state index contributed by atoms with van der Waals surface area (Å²) in [6, 6.07) is 18.4. The summed E-state index contributed by atoms with van der Waals surface area (Å²) in [6.45, 7) is 2.04. The first-order chi connectivity index (χ1) is 18.5. The van der Waals surface area contributed by atoms with Crippen molar-refractivity contribution in [3.63, 3.8) is 0 Å². The van der Waals surface area contributed by atoms with Gasteiger partial charge in [-0.1, -0.05) is 18.2 Å². The van der Waals surface area contributed by atoms with E-state index in [9.17, 15) is 9.59 Å². The van der Waals surface area contributed by atoms with Gasteiger partial charge in [0, 0.05) is 43.0 Å². The van der Waals surface area contributed by atoms with Crippen molar-refractivity contribution in [2.45, 2.75) is 25.4 Å². The highest BCUT2D eigenvalue weighted by atomic mass is 16.7. The molecule has 3 aromatic rings. The van der Waals surface area contributed by atoms with Crippen LogP contribution in [0.5, 0.6) is 23.0 Å². The summed E-state index contributed by atoms with van der Waals surface area (Å²) in [7, 11) is 3.11.